The zero-order valence-electron chi connectivity index (χ0n) is 8.22. The smallest absolute Gasteiger partial charge is 0.0250 e. The van der Waals surface area contributed by atoms with Crippen molar-refractivity contribution in [1.29, 1.82) is 0 Å². The number of hydrogen-bond acceptors (Lipinski definition) is 1. The van der Waals surface area contributed by atoms with Crippen LogP contribution in [0.25, 0.3) is 0 Å². The van der Waals surface area contributed by atoms with E-state index >= 15 is 0 Å². The van der Waals surface area contributed by atoms with E-state index in [2.05, 4.69) is 43.9 Å². The molecule has 0 aliphatic carbocycles. The zero-order valence-corrected chi connectivity index (χ0v) is 8.22. The minimum atomic E-state index is 0.637. The van der Waals surface area contributed by atoms with Crippen LogP contribution in [0, 0.1) is 25.7 Å². The Bertz CT molecular complexity index is 322. The van der Waals surface area contributed by atoms with Crippen molar-refractivity contribution in [3.63, 3.8) is 0 Å². The van der Waals surface area contributed by atoms with Crippen molar-refractivity contribution in [3.05, 3.63) is 34.9 Å². The Hall–Kier alpha value is -1.26. The van der Waals surface area contributed by atoms with Gasteiger partial charge in [-0.25, -0.2) is 0 Å². The van der Waals surface area contributed by atoms with Gasteiger partial charge in [0.25, 0.3) is 0 Å². The van der Waals surface area contributed by atoms with Crippen LogP contribution in [0.15, 0.2) is 18.2 Å². The van der Waals surface area contributed by atoms with Gasteiger partial charge in [0.15, 0.2) is 0 Å². The van der Waals surface area contributed by atoms with Gasteiger partial charge in [-0.2, -0.15) is 0 Å². The first-order valence-electron chi connectivity index (χ1n) is 4.49. The largest absolute Gasteiger partial charge is 0.330 e. The highest BCUT2D eigenvalue weighted by molar-refractivity contribution is 5.39. The van der Waals surface area contributed by atoms with Crippen LogP contribution >= 0.6 is 0 Å². The van der Waals surface area contributed by atoms with E-state index in [9.17, 15) is 0 Å². The van der Waals surface area contributed by atoms with Crippen molar-refractivity contribution in [2.24, 2.45) is 5.73 Å². The Labute approximate surface area is 80.0 Å². The molecule has 0 aromatic heterocycles. The van der Waals surface area contributed by atoms with Gasteiger partial charge in [-0.1, -0.05) is 17.9 Å². The van der Waals surface area contributed by atoms with Crippen LogP contribution in [0.5, 0.6) is 0 Å². The maximum absolute atomic E-state index is 5.35. The molecule has 0 saturated carbocycles. The van der Waals surface area contributed by atoms with Gasteiger partial charge in [0, 0.05) is 18.5 Å². The summed E-state index contributed by atoms with van der Waals surface area (Å²) in [6.07, 6.45) is 0.771. The Morgan fingerprint density at radius 1 is 1.15 bits per heavy atom. The Morgan fingerprint density at radius 3 is 2.31 bits per heavy atom. The van der Waals surface area contributed by atoms with E-state index in [-0.39, 0.29) is 0 Å². The molecule has 2 N–H and O–H groups in total. The molecule has 0 heterocycles. The van der Waals surface area contributed by atoms with Crippen molar-refractivity contribution in [3.8, 4) is 11.8 Å². The molecule has 0 fully saturated rings. The molecular weight excluding hydrogens is 158 g/mol. The number of nitrogens with two attached hydrogens (primary N) is 1. The highest BCUT2D eigenvalue weighted by Gasteiger charge is 1.90. The first kappa shape index (κ1) is 9.83. The van der Waals surface area contributed by atoms with Gasteiger partial charge >= 0.3 is 0 Å². The number of rotatable bonds is 1. The van der Waals surface area contributed by atoms with Crippen LogP contribution in [0.3, 0.4) is 0 Å². The number of hydrogen-bond donors (Lipinski definition) is 1. The summed E-state index contributed by atoms with van der Waals surface area (Å²) in [4.78, 5) is 0. The lowest BCUT2D eigenvalue weighted by Gasteiger charge is -1.97. The van der Waals surface area contributed by atoms with Gasteiger partial charge < -0.3 is 5.73 Å². The molecule has 0 bridgehead atoms. The van der Waals surface area contributed by atoms with E-state index < -0.39 is 0 Å². The lowest BCUT2D eigenvalue weighted by atomic mass is 10.1. The molecule has 0 aliphatic rings. The van der Waals surface area contributed by atoms with Crippen LogP contribution in [0.2, 0.25) is 0 Å². The van der Waals surface area contributed by atoms with Gasteiger partial charge in [-0.15, -0.1) is 0 Å². The normalized spacial score (nSPS) is 9.15. The van der Waals surface area contributed by atoms with E-state index in [4.69, 9.17) is 5.73 Å². The fourth-order valence-corrected chi connectivity index (χ4v) is 1.28. The van der Waals surface area contributed by atoms with Crippen molar-refractivity contribution in [2.75, 3.05) is 6.54 Å². The second-order valence-corrected chi connectivity index (χ2v) is 3.22. The van der Waals surface area contributed by atoms with E-state index in [0.29, 0.717) is 6.54 Å². The van der Waals surface area contributed by atoms with Gasteiger partial charge in [0.2, 0.25) is 0 Å². The Balaban J connectivity index is 2.85. The van der Waals surface area contributed by atoms with Gasteiger partial charge in [0.05, 0.1) is 0 Å². The molecule has 0 spiro atoms. The summed E-state index contributed by atoms with van der Waals surface area (Å²) in [6.45, 7) is 4.81. The minimum Gasteiger partial charge on any atom is -0.330 e. The van der Waals surface area contributed by atoms with E-state index in [1.165, 1.54) is 11.1 Å². The highest BCUT2D eigenvalue weighted by Crippen LogP contribution is 2.07. The summed E-state index contributed by atoms with van der Waals surface area (Å²) in [7, 11) is 0. The third-order valence-corrected chi connectivity index (χ3v) is 1.72. The zero-order chi connectivity index (χ0) is 9.68. The lowest BCUT2D eigenvalue weighted by Crippen LogP contribution is -1.95. The predicted octanol–water partition coefficient (Wildman–Crippen LogP) is 2.00. The van der Waals surface area contributed by atoms with Crippen molar-refractivity contribution < 1.29 is 0 Å². The van der Waals surface area contributed by atoms with Crippen LogP contribution < -0.4 is 5.73 Å². The van der Waals surface area contributed by atoms with Crippen molar-refractivity contribution in [1.82, 2.24) is 0 Å². The molecule has 1 nitrogen and oxygen atoms in total. The van der Waals surface area contributed by atoms with Crippen LogP contribution in [0.4, 0.5) is 0 Å². The van der Waals surface area contributed by atoms with Crippen molar-refractivity contribution >= 4 is 0 Å². The maximum atomic E-state index is 5.35. The molecule has 13 heavy (non-hydrogen) atoms. The lowest BCUT2D eigenvalue weighted by molar-refractivity contribution is 1.03. The summed E-state index contributed by atoms with van der Waals surface area (Å²) in [5, 5.41) is 0. The summed E-state index contributed by atoms with van der Waals surface area (Å²) >= 11 is 0. The number of aryl methyl sites for hydroxylation is 2. The van der Waals surface area contributed by atoms with Crippen LogP contribution in [-0.2, 0) is 0 Å². The molecule has 0 radical (unpaired) electrons. The summed E-state index contributed by atoms with van der Waals surface area (Å²) in [5.41, 5.74) is 8.96. The average Bonchev–Trinajstić information content (AvgIpc) is 2.03. The molecule has 0 amide bonds. The quantitative estimate of drug-likeness (QED) is 0.646. The first-order chi connectivity index (χ1) is 6.22. The second-order valence-electron chi connectivity index (χ2n) is 3.22. The maximum Gasteiger partial charge on any atom is 0.0250 e. The Kier molecular flexibility index (Phi) is 3.54. The minimum absolute atomic E-state index is 0.637. The molecule has 0 aliphatic heterocycles. The summed E-state index contributed by atoms with van der Waals surface area (Å²) in [5.74, 6) is 6.13. The third-order valence-electron chi connectivity index (χ3n) is 1.72. The third kappa shape index (κ3) is 3.31. The van der Waals surface area contributed by atoms with Crippen LogP contribution in [-0.4, -0.2) is 6.54 Å². The van der Waals surface area contributed by atoms with Gasteiger partial charge in [-0.3, -0.25) is 0 Å². The summed E-state index contributed by atoms with van der Waals surface area (Å²) < 4.78 is 0. The van der Waals surface area contributed by atoms with Crippen molar-refractivity contribution in [2.45, 2.75) is 20.3 Å². The molecule has 68 valence electrons. The molecule has 1 heteroatoms. The Morgan fingerprint density at radius 2 is 1.77 bits per heavy atom. The predicted molar refractivity (Wildman–Crippen MR) is 56.5 cm³/mol. The molecule has 0 unspecified atom stereocenters. The number of benzene rings is 1. The molecule has 0 saturated heterocycles. The second kappa shape index (κ2) is 4.69. The van der Waals surface area contributed by atoms with Gasteiger partial charge in [0.1, 0.15) is 0 Å². The average molecular weight is 173 g/mol. The van der Waals surface area contributed by atoms with E-state index in [1.807, 2.05) is 0 Å². The van der Waals surface area contributed by atoms with Gasteiger partial charge in [-0.05, 0) is 37.1 Å². The summed E-state index contributed by atoms with van der Waals surface area (Å²) in [6, 6.07) is 6.33. The molecular formula is C12H15N. The highest BCUT2D eigenvalue weighted by atomic mass is 14.5. The molecule has 1 rings (SSSR count). The topological polar surface area (TPSA) is 26.0 Å². The van der Waals surface area contributed by atoms with E-state index in [0.717, 1.165) is 12.0 Å². The first-order valence-corrected chi connectivity index (χ1v) is 4.49. The monoisotopic (exact) mass is 173 g/mol. The molecule has 0 atom stereocenters. The fraction of sp³-hybridized carbons (Fsp3) is 0.333. The SMILES string of the molecule is Cc1cc(C)cc(C#CCCN)c1. The molecule has 1 aromatic carbocycles. The van der Waals surface area contributed by atoms with E-state index in [1.54, 1.807) is 0 Å². The fourth-order valence-electron chi connectivity index (χ4n) is 1.28. The standard InChI is InChI=1S/C12H15N/c1-10-7-11(2)9-12(8-10)5-3-4-6-13/h7-9H,4,6,13H2,1-2H3. The molecule has 1 aromatic rings. The van der Waals surface area contributed by atoms with Crippen LogP contribution in [0.1, 0.15) is 23.1 Å².